The zero-order valence-corrected chi connectivity index (χ0v) is 20.7. The molecule has 35 heavy (non-hydrogen) atoms. The number of nitrogens with zero attached hydrogens (tertiary/aromatic N) is 4. The van der Waals surface area contributed by atoms with Crippen LogP contribution in [0.15, 0.2) is 26.9 Å². The van der Waals surface area contributed by atoms with Crippen molar-refractivity contribution >= 4 is 75.0 Å². The number of nitrogen functional groups attached to an aromatic ring is 1. The van der Waals surface area contributed by atoms with Crippen molar-refractivity contribution in [2.45, 2.75) is 18.3 Å². The number of hydrogen-bond donors (Lipinski definition) is 4. The summed E-state index contributed by atoms with van der Waals surface area (Å²) in [5.41, 5.74) is 7.10. The molecule has 3 rings (SSSR count). The first-order valence-electron chi connectivity index (χ1n) is 9.83. The van der Waals surface area contributed by atoms with Gasteiger partial charge in [-0.15, -0.1) is 34.9 Å². The van der Waals surface area contributed by atoms with E-state index in [1.165, 1.54) is 41.4 Å². The predicted octanol–water partition coefficient (Wildman–Crippen LogP) is -0.617. The van der Waals surface area contributed by atoms with Crippen molar-refractivity contribution in [1.82, 2.24) is 15.2 Å². The van der Waals surface area contributed by atoms with E-state index in [4.69, 9.17) is 21.2 Å². The molecule has 3 heterocycles. The van der Waals surface area contributed by atoms with Crippen molar-refractivity contribution in [3.63, 3.8) is 0 Å². The van der Waals surface area contributed by atoms with Crippen LogP contribution in [0.2, 0.25) is 0 Å². The maximum Gasteiger partial charge on any atom is 0.352 e. The molecule has 2 amide bonds. The highest BCUT2D eigenvalue weighted by Gasteiger charge is 2.54. The monoisotopic (exact) mass is 543 g/mol. The van der Waals surface area contributed by atoms with Crippen molar-refractivity contribution in [3.8, 4) is 0 Å². The topological polar surface area (TPSA) is 212 Å². The van der Waals surface area contributed by atoms with Crippen LogP contribution < -0.4 is 16.9 Å². The Kier molecular flexibility index (Phi) is 8.94. The van der Waals surface area contributed by atoms with E-state index >= 15 is 0 Å². The number of aliphatic carboxylic acids is 1. The lowest BCUT2D eigenvalue weighted by atomic mass is 10.0. The van der Waals surface area contributed by atoms with Crippen molar-refractivity contribution in [2.24, 2.45) is 16.1 Å². The number of hydrogen-bond acceptors (Lipinski definition) is 14. The van der Waals surface area contributed by atoms with Crippen molar-refractivity contribution < 1.29 is 33.9 Å². The van der Waals surface area contributed by atoms with Gasteiger partial charge in [-0.1, -0.05) is 5.16 Å². The van der Waals surface area contributed by atoms with E-state index in [1.54, 1.807) is 0 Å². The number of amides is 2. The van der Waals surface area contributed by atoms with E-state index in [0.717, 1.165) is 16.2 Å². The van der Waals surface area contributed by atoms with Crippen LogP contribution in [-0.4, -0.2) is 86.1 Å². The number of anilines is 1. The summed E-state index contributed by atoms with van der Waals surface area (Å²) in [5, 5.41) is 20.5. The standard InChI is InChI=1S/C18H21N7O7S3/c1-8(26)31-4-9-5-34-16-12(15(28)25(16)13(9)17(29)30)23-14(27)11(10-6-35-18(19)22-10)24-32-2-3-33-7-21-20/h6-7,12,16H,2-5,20H2,1H3,(H2,19,22)(H,23,27)(H,29,30)/t12?,16-/m1/s1. The lowest BCUT2D eigenvalue weighted by Gasteiger charge is -2.49. The van der Waals surface area contributed by atoms with E-state index in [1.807, 2.05) is 0 Å². The number of carbonyl (C=O) groups excluding carboxylic acids is 3. The zero-order chi connectivity index (χ0) is 25.5. The summed E-state index contributed by atoms with van der Waals surface area (Å²) >= 11 is 3.61. The number of aromatic nitrogens is 1. The van der Waals surface area contributed by atoms with E-state index < -0.39 is 35.2 Å². The second-order valence-corrected chi connectivity index (χ2v) is 9.81. The Labute approximate surface area is 211 Å². The van der Waals surface area contributed by atoms with E-state index in [2.05, 4.69) is 20.6 Å². The highest BCUT2D eigenvalue weighted by molar-refractivity contribution is 8.12. The van der Waals surface area contributed by atoms with Gasteiger partial charge in [0.1, 0.15) is 36.0 Å². The number of carboxylic acids is 1. The van der Waals surface area contributed by atoms with Gasteiger partial charge in [0.05, 0.1) is 5.55 Å². The number of oxime groups is 1. The van der Waals surface area contributed by atoms with Crippen LogP contribution >= 0.6 is 34.9 Å². The molecule has 2 aliphatic rings. The molecule has 1 fully saturated rings. The molecule has 0 radical (unpaired) electrons. The Bertz CT molecular complexity index is 1100. The van der Waals surface area contributed by atoms with Crippen molar-refractivity contribution in [2.75, 3.05) is 30.5 Å². The van der Waals surface area contributed by atoms with Gasteiger partial charge >= 0.3 is 11.9 Å². The number of thiazole rings is 1. The largest absolute Gasteiger partial charge is 0.477 e. The second kappa shape index (κ2) is 11.9. The molecule has 1 saturated heterocycles. The maximum absolute atomic E-state index is 13.0. The number of nitrogens with one attached hydrogen (secondary N) is 1. The molecule has 0 aliphatic carbocycles. The van der Waals surface area contributed by atoms with Gasteiger partial charge in [-0.25, -0.2) is 9.78 Å². The molecular weight excluding hydrogens is 522 g/mol. The summed E-state index contributed by atoms with van der Waals surface area (Å²) in [6.45, 7) is 1.10. The molecule has 14 nitrogen and oxygen atoms in total. The minimum atomic E-state index is -1.33. The number of ether oxygens (including phenoxy) is 1. The first-order chi connectivity index (χ1) is 16.7. The van der Waals surface area contributed by atoms with Gasteiger partial charge in [-0.3, -0.25) is 19.3 Å². The summed E-state index contributed by atoms with van der Waals surface area (Å²) in [6, 6.07) is -1.00. The Hall–Kier alpha value is -3.31. The Balaban J connectivity index is 1.72. The number of carboxylic acid groups (broad SMARTS) is 1. The predicted molar refractivity (Wildman–Crippen MR) is 130 cm³/mol. The molecule has 0 saturated carbocycles. The van der Waals surface area contributed by atoms with Gasteiger partial charge < -0.3 is 31.6 Å². The van der Waals surface area contributed by atoms with Crippen LogP contribution in [-0.2, 0) is 28.8 Å². The zero-order valence-electron chi connectivity index (χ0n) is 18.2. The van der Waals surface area contributed by atoms with Gasteiger partial charge in [0.2, 0.25) is 0 Å². The summed E-state index contributed by atoms with van der Waals surface area (Å²) in [4.78, 5) is 59.1. The van der Waals surface area contributed by atoms with Gasteiger partial charge in [-0.05, 0) is 0 Å². The van der Waals surface area contributed by atoms with Crippen LogP contribution in [0, 0.1) is 0 Å². The average Bonchev–Trinajstić information content (AvgIpc) is 3.25. The van der Waals surface area contributed by atoms with Crippen LogP contribution in [0.5, 0.6) is 0 Å². The third-order valence-corrected chi connectivity index (χ3v) is 7.24. The van der Waals surface area contributed by atoms with E-state index in [0.29, 0.717) is 11.3 Å². The number of nitrogens with two attached hydrogens (primary N) is 2. The molecule has 1 aromatic heterocycles. The molecule has 1 unspecified atom stereocenters. The minimum absolute atomic E-state index is 0.138. The molecule has 0 aromatic carbocycles. The van der Waals surface area contributed by atoms with Crippen molar-refractivity contribution in [3.05, 3.63) is 22.3 Å². The minimum Gasteiger partial charge on any atom is -0.477 e. The number of esters is 1. The first-order valence-corrected chi connectivity index (χ1v) is 12.8. The Morgan fingerprint density at radius 2 is 2.23 bits per heavy atom. The number of hydrazone groups is 1. The number of rotatable bonds is 11. The molecule has 6 N–H and O–H groups in total. The third kappa shape index (κ3) is 6.23. The number of carbonyl (C=O) groups is 4. The summed E-state index contributed by atoms with van der Waals surface area (Å²) in [7, 11) is 0. The normalized spacial score (nSPS) is 19.9. The Morgan fingerprint density at radius 3 is 2.86 bits per heavy atom. The quantitative estimate of drug-likeness (QED) is 0.0523. The maximum atomic E-state index is 13.0. The van der Waals surface area contributed by atoms with Crippen LogP contribution in [0.1, 0.15) is 12.6 Å². The van der Waals surface area contributed by atoms with Crippen LogP contribution in [0.4, 0.5) is 5.13 Å². The molecule has 17 heteroatoms. The van der Waals surface area contributed by atoms with E-state index in [-0.39, 0.29) is 41.2 Å². The van der Waals surface area contributed by atoms with Gasteiger partial charge in [0, 0.05) is 29.4 Å². The lowest BCUT2D eigenvalue weighted by molar-refractivity contribution is -0.150. The molecule has 0 spiro atoms. The van der Waals surface area contributed by atoms with Crippen molar-refractivity contribution in [1.29, 1.82) is 0 Å². The fourth-order valence-electron chi connectivity index (χ4n) is 3.08. The highest BCUT2D eigenvalue weighted by Crippen LogP contribution is 2.40. The second-order valence-electron chi connectivity index (χ2n) is 6.87. The molecule has 188 valence electrons. The van der Waals surface area contributed by atoms with E-state index in [9.17, 15) is 24.3 Å². The summed E-state index contributed by atoms with van der Waals surface area (Å²) in [6.07, 6.45) is 0. The van der Waals surface area contributed by atoms with Gasteiger partial charge in [0.25, 0.3) is 11.8 Å². The first kappa shape index (κ1) is 26.3. The SMILES string of the molecule is CC(=O)OCC1=C(C(=O)O)N2C(=O)C(NC(=O)C(=NOCCSC=NN)c3csc(N)n3)[C@H]2SC1. The number of thioether (sulfide) groups is 2. The Morgan fingerprint density at radius 1 is 1.46 bits per heavy atom. The third-order valence-electron chi connectivity index (χ3n) is 4.55. The molecular formula is C18H21N7O7S3. The molecule has 2 aliphatic heterocycles. The summed E-state index contributed by atoms with van der Waals surface area (Å²) in [5.74, 6) is 2.41. The summed E-state index contributed by atoms with van der Waals surface area (Å²) < 4.78 is 4.91. The van der Waals surface area contributed by atoms with Crippen LogP contribution in [0.25, 0.3) is 0 Å². The molecule has 2 atom stereocenters. The highest BCUT2D eigenvalue weighted by atomic mass is 32.2. The fraction of sp³-hybridized carbons (Fsp3) is 0.389. The van der Waals surface area contributed by atoms with Gasteiger partial charge in [0.15, 0.2) is 10.8 Å². The number of fused-ring (bicyclic) bond motifs is 1. The lowest BCUT2D eigenvalue weighted by Crippen LogP contribution is -2.71. The van der Waals surface area contributed by atoms with Crippen LogP contribution in [0.3, 0.4) is 0 Å². The molecule has 0 bridgehead atoms. The smallest absolute Gasteiger partial charge is 0.352 e. The number of β-lactam (4-membered cyclic amide) rings is 1. The van der Waals surface area contributed by atoms with Gasteiger partial charge in [-0.2, -0.15) is 5.10 Å². The molecule has 1 aromatic rings. The average molecular weight is 544 g/mol. The fourth-order valence-corrected chi connectivity index (χ4v) is 5.32.